The van der Waals surface area contributed by atoms with Gasteiger partial charge in [0.1, 0.15) is 24.2 Å². The Balaban J connectivity index is 2.41. The van der Waals surface area contributed by atoms with Crippen LogP contribution in [0.15, 0.2) is 18.2 Å². The lowest BCUT2D eigenvalue weighted by Gasteiger charge is -2.34. The number of rotatable bonds is 8. The summed E-state index contributed by atoms with van der Waals surface area (Å²) in [5.41, 5.74) is 1.57. The van der Waals surface area contributed by atoms with E-state index in [0.717, 1.165) is 48.1 Å². The third-order valence-corrected chi connectivity index (χ3v) is 5.93. The molecule has 2 atom stereocenters. The van der Waals surface area contributed by atoms with Gasteiger partial charge in [0, 0.05) is 6.04 Å². The van der Waals surface area contributed by atoms with E-state index in [1.807, 2.05) is 32.0 Å². The third kappa shape index (κ3) is 8.25. The van der Waals surface area contributed by atoms with E-state index in [4.69, 9.17) is 4.74 Å². The van der Waals surface area contributed by atoms with Crippen LogP contribution in [0.2, 0.25) is 0 Å². The average molecular weight is 487 g/mol. The number of amides is 3. The molecule has 3 amide bonds. The summed E-state index contributed by atoms with van der Waals surface area (Å²) in [7, 11) is 0. The first-order valence-corrected chi connectivity index (χ1v) is 12.1. The van der Waals surface area contributed by atoms with Crippen LogP contribution in [-0.4, -0.2) is 58.8 Å². The summed E-state index contributed by atoms with van der Waals surface area (Å²) in [6, 6.07) is 5.02. The molecule has 1 aliphatic rings. The first kappa shape index (κ1) is 28.1. The van der Waals surface area contributed by atoms with E-state index >= 15 is 0 Å². The number of carbonyl (C=O) groups is 3. The van der Waals surface area contributed by atoms with Gasteiger partial charge in [-0.05, 0) is 58.6 Å². The number of nitrogens with one attached hydrogen (secondary N) is 2. The van der Waals surface area contributed by atoms with Crippen LogP contribution in [-0.2, 0) is 14.3 Å². The monoisotopic (exact) mass is 486 g/mol. The molecule has 3 N–H and O–H groups in total. The summed E-state index contributed by atoms with van der Waals surface area (Å²) in [5.74, 6) is -1.13. The van der Waals surface area contributed by atoms with Crippen molar-refractivity contribution in [1.29, 1.82) is 5.26 Å². The number of aliphatic hydroxyl groups excluding tert-OH is 1. The minimum Gasteiger partial charge on any atom is -0.444 e. The molecule has 2 unspecified atom stereocenters. The number of ether oxygens (including phenoxy) is 1. The molecule has 1 saturated carbocycles. The number of nitriles is 1. The molecule has 1 fully saturated rings. The first-order valence-electron chi connectivity index (χ1n) is 12.1. The first-order chi connectivity index (χ1) is 16.5. The summed E-state index contributed by atoms with van der Waals surface area (Å²) >= 11 is 0. The van der Waals surface area contributed by atoms with E-state index in [0.29, 0.717) is 5.56 Å². The third-order valence-electron chi connectivity index (χ3n) is 5.93. The number of benzene rings is 1. The summed E-state index contributed by atoms with van der Waals surface area (Å²) < 4.78 is 5.21. The second kappa shape index (κ2) is 12.5. The van der Waals surface area contributed by atoms with Gasteiger partial charge in [0.25, 0.3) is 0 Å². The number of nitrogens with zero attached hydrogens (tertiary/aromatic N) is 2. The van der Waals surface area contributed by atoms with Gasteiger partial charge in [-0.1, -0.05) is 43.0 Å². The minimum absolute atomic E-state index is 0.00271. The smallest absolute Gasteiger partial charge is 0.408 e. The van der Waals surface area contributed by atoms with Gasteiger partial charge in [0.2, 0.25) is 11.8 Å². The maximum atomic E-state index is 13.6. The van der Waals surface area contributed by atoms with Crippen LogP contribution < -0.4 is 10.6 Å². The number of hydrogen-bond acceptors (Lipinski definition) is 6. The van der Waals surface area contributed by atoms with Crippen molar-refractivity contribution in [2.45, 2.75) is 90.4 Å². The fraction of sp³-hybridized carbons (Fsp3) is 0.615. The standard InChI is InChI=1S/C26H38N4O5/c1-17-11-12-20(18(2)15-17)22(23(32)28-19-9-7-6-8-10-19)30(14-13-27)24(33)21(16-31)29-25(34)35-26(3,4)5/h11-12,15,19,21-22,31H,6-10,14,16H2,1-5H3,(H,28,32)(H,29,34). The second-order valence-electron chi connectivity index (χ2n) is 10.1. The Morgan fingerprint density at radius 2 is 1.86 bits per heavy atom. The molecule has 35 heavy (non-hydrogen) atoms. The summed E-state index contributed by atoms with van der Waals surface area (Å²) in [5, 5.41) is 24.9. The quantitative estimate of drug-likeness (QED) is 0.484. The SMILES string of the molecule is Cc1ccc(C(C(=O)NC2CCCCC2)N(CC#N)C(=O)C(CO)NC(=O)OC(C)(C)C)c(C)c1. The van der Waals surface area contributed by atoms with Gasteiger partial charge in [-0.15, -0.1) is 0 Å². The fourth-order valence-corrected chi connectivity index (χ4v) is 4.32. The van der Waals surface area contributed by atoms with Crippen LogP contribution in [0, 0.1) is 25.2 Å². The maximum Gasteiger partial charge on any atom is 0.408 e. The van der Waals surface area contributed by atoms with Crippen molar-refractivity contribution in [3.05, 3.63) is 34.9 Å². The van der Waals surface area contributed by atoms with Crippen LogP contribution in [0.1, 0.15) is 75.6 Å². The van der Waals surface area contributed by atoms with Gasteiger partial charge in [0.15, 0.2) is 0 Å². The molecular weight excluding hydrogens is 448 g/mol. The van der Waals surface area contributed by atoms with Gasteiger partial charge in [0.05, 0.1) is 12.7 Å². The van der Waals surface area contributed by atoms with Crippen LogP contribution in [0.3, 0.4) is 0 Å². The highest BCUT2D eigenvalue weighted by Gasteiger charge is 2.37. The van der Waals surface area contributed by atoms with Crippen LogP contribution in [0.5, 0.6) is 0 Å². The fourth-order valence-electron chi connectivity index (χ4n) is 4.32. The number of aliphatic hydroxyl groups is 1. The predicted molar refractivity (Wildman–Crippen MR) is 131 cm³/mol. The predicted octanol–water partition coefficient (Wildman–Crippen LogP) is 3.03. The molecule has 1 aromatic rings. The number of hydrogen-bond donors (Lipinski definition) is 3. The summed E-state index contributed by atoms with van der Waals surface area (Å²) in [6.07, 6.45) is 4.00. The van der Waals surface area contributed by atoms with Gasteiger partial charge >= 0.3 is 6.09 Å². The maximum absolute atomic E-state index is 13.6. The highest BCUT2D eigenvalue weighted by Crippen LogP contribution is 2.27. The van der Waals surface area contributed by atoms with E-state index in [1.165, 1.54) is 0 Å². The average Bonchev–Trinajstić information content (AvgIpc) is 2.77. The van der Waals surface area contributed by atoms with Crippen LogP contribution in [0.25, 0.3) is 0 Å². The second-order valence-corrected chi connectivity index (χ2v) is 10.1. The molecule has 0 heterocycles. The zero-order chi connectivity index (χ0) is 26.2. The highest BCUT2D eigenvalue weighted by atomic mass is 16.6. The summed E-state index contributed by atoms with van der Waals surface area (Å²) in [6.45, 7) is 7.69. The molecule has 1 aromatic carbocycles. The number of carbonyl (C=O) groups excluding carboxylic acids is 3. The lowest BCUT2D eigenvalue weighted by molar-refractivity contribution is -0.142. The Labute approximate surface area is 207 Å². The van der Waals surface area contributed by atoms with Crippen molar-refractivity contribution >= 4 is 17.9 Å². The van der Waals surface area contributed by atoms with E-state index in [9.17, 15) is 24.8 Å². The van der Waals surface area contributed by atoms with Gasteiger partial charge < -0.3 is 25.4 Å². The Morgan fingerprint density at radius 1 is 1.20 bits per heavy atom. The molecule has 9 nitrogen and oxygen atoms in total. The molecule has 192 valence electrons. The molecule has 0 bridgehead atoms. The lowest BCUT2D eigenvalue weighted by Crippen LogP contribution is -2.55. The van der Waals surface area contributed by atoms with Gasteiger partial charge in [-0.25, -0.2) is 4.79 Å². The largest absolute Gasteiger partial charge is 0.444 e. The van der Waals surface area contributed by atoms with Crippen molar-refractivity contribution < 1.29 is 24.2 Å². The van der Waals surface area contributed by atoms with Gasteiger partial charge in [-0.3, -0.25) is 9.59 Å². The molecule has 1 aliphatic carbocycles. The van der Waals surface area contributed by atoms with Crippen LogP contribution in [0.4, 0.5) is 4.79 Å². The van der Waals surface area contributed by atoms with E-state index in [-0.39, 0.29) is 11.9 Å². The van der Waals surface area contributed by atoms with E-state index in [1.54, 1.807) is 26.8 Å². The zero-order valence-corrected chi connectivity index (χ0v) is 21.4. The Bertz CT molecular complexity index is 944. The Morgan fingerprint density at radius 3 is 2.40 bits per heavy atom. The lowest BCUT2D eigenvalue weighted by atomic mass is 9.93. The minimum atomic E-state index is -1.38. The normalized spacial score (nSPS) is 15.9. The van der Waals surface area contributed by atoms with Crippen molar-refractivity contribution in [3.63, 3.8) is 0 Å². The molecule has 0 radical (unpaired) electrons. The molecule has 9 heteroatoms. The molecule has 0 saturated heterocycles. The number of aryl methyl sites for hydroxylation is 2. The topological polar surface area (TPSA) is 132 Å². The Hall–Kier alpha value is -3.12. The van der Waals surface area contributed by atoms with E-state index < -0.39 is 42.8 Å². The van der Waals surface area contributed by atoms with Gasteiger partial charge in [-0.2, -0.15) is 5.26 Å². The molecule has 2 rings (SSSR count). The molecular formula is C26H38N4O5. The molecule has 0 aromatic heterocycles. The van der Waals surface area contributed by atoms with Crippen molar-refractivity contribution in [2.24, 2.45) is 0 Å². The number of alkyl carbamates (subject to hydrolysis) is 1. The molecule has 0 spiro atoms. The molecule has 0 aliphatic heterocycles. The zero-order valence-electron chi connectivity index (χ0n) is 21.4. The highest BCUT2D eigenvalue weighted by molar-refractivity contribution is 5.92. The van der Waals surface area contributed by atoms with Crippen molar-refractivity contribution in [3.8, 4) is 6.07 Å². The van der Waals surface area contributed by atoms with Crippen molar-refractivity contribution in [1.82, 2.24) is 15.5 Å². The van der Waals surface area contributed by atoms with Crippen LogP contribution >= 0.6 is 0 Å². The van der Waals surface area contributed by atoms with Crippen molar-refractivity contribution in [2.75, 3.05) is 13.2 Å². The van der Waals surface area contributed by atoms with E-state index in [2.05, 4.69) is 10.6 Å². The Kier molecular flexibility index (Phi) is 10.1. The summed E-state index contributed by atoms with van der Waals surface area (Å²) in [4.78, 5) is 40.5.